The highest BCUT2D eigenvalue weighted by Gasteiger charge is 2.16. The highest BCUT2D eigenvalue weighted by atomic mass is 14.9. The summed E-state index contributed by atoms with van der Waals surface area (Å²) in [5, 5.41) is 7.58. The Morgan fingerprint density at radius 3 is 1.29 bits per heavy atom. The van der Waals surface area contributed by atoms with E-state index in [2.05, 4.69) is 195 Å². The predicted octanol–water partition coefficient (Wildman–Crippen LogP) is 14.2. The van der Waals surface area contributed by atoms with Crippen LogP contribution >= 0.6 is 0 Å². The molecule has 2 heteroatoms. The van der Waals surface area contributed by atoms with Crippen LogP contribution in [0.2, 0.25) is 0 Å². The minimum Gasteiger partial charge on any atom is -0.228 e. The number of benzene rings is 9. The molecule has 9 aromatic carbocycles. The van der Waals surface area contributed by atoms with Gasteiger partial charge in [-0.25, -0.2) is 9.97 Å². The molecule has 0 unspecified atom stereocenters. The minimum absolute atomic E-state index is 0.692. The fraction of sp³-hybridized carbons (Fsp3) is 0.0189. The SMILES string of the molecule is Cc1ccccc1-c1ccc(-c2cc(-c3ccc4c5ccccc5c5ccccc5c4c3)cc(-c3nc(-c4ccccc4)cc(-c4ccccc4)n3)c2)cc1. The fourth-order valence-corrected chi connectivity index (χ4v) is 8.01. The summed E-state index contributed by atoms with van der Waals surface area (Å²) < 4.78 is 0. The first-order valence-electron chi connectivity index (χ1n) is 18.8. The molecular formula is C53H36N2. The molecular weight excluding hydrogens is 665 g/mol. The summed E-state index contributed by atoms with van der Waals surface area (Å²) >= 11 is 0. The number of aryl methyl sites for hydroxylation is 1. The van der Waals surface area contributed by atoms with Crippen molar-refractivity contribution >= 4 is 32.3 Å². The van der Waals surface area contributed by atoms with Crippen molar-refractivity contribution in [1.29, 1.82) is 0 Å². The second kappa shape index (κ2) is 13.7. The molecule has 0 atom stereocenters. The molecule has 0 saturated heterocycles. The number of nitrogens with zero attached hydrogens (tertiary/aromatic N) is 2. The van der Waals surface area contributed by atoms with Crippen molar-refractivity contribution < 1.29 is 0 Å². The maximum absolute atomic E-state index is 5.25. The average molecular weight is 701 g/mol. The molecule has 0 aliphatic heterocycles. The summed E-state index contributed by atoms with van der Waals surface area (Å²) in [5.74, 6) is 0.692. The van der Waals surface area contributed by atoms with Crippen LogP contribution in [0.3, 0.4) is 0 Å². The molecule has 1 heterocycles. The molecule has 1 aromatic heterocycles. The molecule has 0 saturated carbocycles. The van der Waals surface area contributed by atoms with E-state index in [-0.39, 0.29) is 0 Å². The fourth-order valence-electron chi connectivity index (χ4n) is 8.01. The molecule has 0 aliphatic rings. The number of fused-ring (bicyclic) bond motifs is 6. The van der Waals surface area contributed by atoms with Gasteiger partial charge in [-0.1, -0.05) is 170 Å². The first-order chi connectivity index (χ1) is 27.2. The summed E-state index contributed by atoms with van der Waals surface area (Å²) in [7, 11) is 0. The van der Waals surface area contributed by atoms with Crippen molar-refractivity contribution in [3.8, 4) is 67.3 Å². The van der Waals surface area contributed by atoms with Crippen LogP contribution in [0.15, 0.2) is 200 Å². The second-order valence-corrected chi connectivity index (χ2v) is 14.2. The van der Waals surface area contributed by atoms with Gasteiger partial charge in [0.2, 0.25) is 0 Å². The Hall–Kier alpha value is -7.16. The smallest absolute Gasteiger partial charge is 0.160 e. The van der Waals surface area contributed by atoms with Gasteiger partial charge in [-0.15, -0.1) is 0 Å². The molecule has 0 radical (unpaired) electrons. The first-order valence-corrected chi connectivity index (χ1v) is 18.8. The molecule has 0 spiro atoms. The Kier molecular flexibility index (Phi) is 8.08. The lowest BCUT2D eigenvalue weighted by atomic mass is 9.90. The molecule has 0 bridgehead atoms. The normalized spacial score (nSPS) is 11.4. The molecule has 0 fully saturated rings. The Balaban J connectivity index is 1.19. The van der Waals surface area contributed by atoms with Crippen LogP contribution in [-0.4, -0.2) is 9.97 Å². The Labute approximate surface area is 321 Å². The third-order valence-electron chi connectivity index (χ3n) is 10.8. The minimum atomic E-state index is 0.692. The van der Waals surface area contributed by atoms with Gasteiger partial charge >= 0.3 is 0 Å². The van der Waals surface area contributed by atoms with Gasteiger partial charge in [0.25, 0.3) is 0 Å². The number of aromatic nitrogens is 2. The zero-order valence-corrected chi connectivity index (χ0v) is 30.4. The summed E-state index contributed by atoms with van der Waals surface area (Å²) in [5.41, 5.74) is 13.1. The predicted molar refractivity (Wildman–Crippen MR) is 232 cm³/mol. The Morgan fingerprint density at radius 1 is 0.273 bits per heavy atom. The lowest BCUT2D eigenvalue weighted by Crippen LogP contribution is -1.97. The second-order valence-electron chi connectivity index (χ2n) is 14.2. The van der Waals surface area contributed by atoms with Crippen molar-refractivity contribution in [3.63, 3.8) is 0 Å². The van der Waals surface area contributed by atoms with Crippen LogP contribution in [0, 0.1) is 6.92 Å². The largest absolute Gasteiger partial charge is 0.228 e. The van der Waals surface area contributed by atoms with Gasteiger partial charge in [-0.3, -0.25) is 0 Å². The zero-order valence-electron chi connectivity index (χ0n) is 30.4. The summed E-state index contributed by atoms with van der Waals surface area (Å²) in [6, 6.07) is 71.6. The van der Waals surface area contributed by atoms with Crippen LogP contribution in [0.4, 0.5) is 0 Å². The molecule has 0 N–H and O–H groups in total. The van der Waals surface area contributed by atoms with Gasteiger partial charge in [0.05, 0.1) is 11.4 Å². The van der Waals surface area contributed by atoms with Gasteiger partial charge in [0.15, 0.2) is 5.82 Å². The van der Waals surface area contributed by atoms with Gasteiger partial charge in [0, 0.05) is 16.7 Å². The molecule has 0 aliphatic carbocycles. The van der Waals surface area contributed by atoms with Crippen molar-refractivity contribution in [2.24, 2.45) is 0 Å². The standard InChI is InChI=1S/C53H36N2/c1-35-14-8-9-19-44(35)37-26-24-36(25-27-37)41-30-42(40-28-29-49-47-22-11-10-20-45(47)46-21-12-13-23-48(46)50(49)33-40)32-43(31-41)53-54-51(38-15-4-2-5-16-38)34-52(55-53)39-17-6-3-7-18-39/h2-34H,1H3. The van der Waals surface area contributed by atoms with Crippen molar-refractivity contribution in [3.05, 3.63) is 206 Å². The number of rotatable bonds is 6. The Bertz CT molecular complexity index is 2930. The van der Waals surface area contributed by atoms with Crippen LogP contribution in [0.5, 0.6) is 0 Å². The van der Waals surface area contributed by atoms with E-state index < -0.39 is 0 Å². The monoisotopic (exact) mass is 700 g/mol. The van der Waals surface area contributed by atoms with E-state index in [0.29, 0.717) is 5.82 Å². The summed E-state index contributed by atoms with van der Waals surface area (Å²) in [6.45, 7) is 2.17. The third kappa shape index (κ3) is 6.04. The van der Waals surface area contributed by atoms with Crippen molar-refractivity contribution in [2.45, 2.75) is 6.92 Å². The number of hydrogen-bond acceptors (Lipinski definition) is 2. The molecule has 0 amide bonds. The quantitative estimate of drug-likeness (QED) is 0.161. The van der Waals surface area contributed by atoms with E-state index in [0.717, 1.165) is 50.3 Å². The van der Waals surface area contributed by atoms with Crippen LogP contribution in [0.1, 0.15) is 5.56 Å². The highest BCUT2D eigenvalue weighted by molar-refractivity contribution is 6.25. The molecule has 55 heavy (non-hydrogen) atoms. The summed E-state index contributed by atoms with van der Waals surface area (Å²) in [6.07, 6.45) is 0. The van der Waals surface area contributed by atoms with E-state index >= 15 is 0 Å². The van der Waals surface area contributed by atoms with E-state index in [1.54, 1.807) is 0 Å². The van der Waals surface area contributed by atoms with Gasteiger partial charge in [-0.05, 0) is 109 Å². The number of hydrogen-bond donors (Lipinski definition) is 0. The molecule has 258 valence electrons. The lowest BCUT2D eigenvalue weighted by molar-refractivity contribution is 1.18. The van der Waals surface area contributed by atoms with Crippen LogP contribution in [0.25, 0.3) is 99.6 Å². The molecule has 2 nitrogen and oxygen atoms in total. The molecule has 10 aromatic rings. The van der Waals surface area contributed by atoms with Gasteiger partial charge in [-0.2, -0.15) is 0 Å². The highest BCUT2D eigenvalue weighted by Crippen LogP contribution is 2.39. The van der Waals surface area contributed by atoms with Crippen molar-refractivity contribution in [2.75, 3.05) is 0 Å². The maximum Gasteiger partial charge on any atom is 0.160 e. The van der Waals surface area contributed by atoms with E-state index in [4.69, 9.17) is 9.97 Å². The Morgan fingerprint density at radius 2 is 0.709 bits per heavy atom. The third-order valence-corrected chi connectivity index (χ3v) is 10.8. The molecule has 10 rings (SSSR count). The van der Waals surface area contributed by atoms with Crippen LogP contribution in [-0.2, 0) is 0 Å². The first kappa shape index (κ1) is 32.5. The maximum atomic E-state index is 5.25. The van der Waals surface area contributed by atoms with E-state index in [1.807, 2.05) is 12.1 Å². The van der Waals surface area contributed by atoms with E-state index in [1.165, 1.54) is 49.0 Å². The lowest BCUT2D eigenvalue weighted by Gasteiger charge is -2.15. The average Bonchev–Trinajstić information content (AvgIpc) is 3.27. The van der Waals surface area contributed by atoms with Gasteiger partial charge in [0.1, 0.15) is 0 Å². The topological polar surface area (TPSA) is 25.8 Å². The zero-order chi connectivity index (χ0) is 36.7. The van der Waals surface area contributed by atoms with Gasteiger partial charge < -0.3 is 0 Å². The van der Waals surface area contributed by atoms with Crippen LogP contribution < -0.4 is 0 Å². The van der Waals surface area contributed by atoms with E-state index in [9.17, 15) is 0 Å². The summed E-state index contributed by atoms with van der Waals surface area (Å²) in [4.78, 5) is 10.5. The van der Waals surface area contributed by atoms with Crippen molar-refractivity contribution in [1.82, 2.24) is 9.97 Å².